The summed E-state index contributed by atoms with van der Waals surface area (Å²) in [4.78, 5) is 15.1. The van der Waals surface area contributed by atoms with E-state index in [-0.39, 0.29) is 40.8 Å². The minimum atomic E-state index is -0.865. The highest BCUT2D eigenvalue weighted by Gasteiger charge is 2.56. The Morgan fingerprint density at radius 3 is 2.92 bits per heavy atom. The molecule has 7 heteroatoms. The highest BCUT2D eigenvalue weighted by atomic mass is 16.5. The van der Waals surface area contributed by atoms with Gasteiger partial charge in [-0.15, -0.1) is 0 Å². The molecule has 3 aliphatic rings. The van der Waals surface area contributed by atoms with Gasteiger partial charge in [0.1, 0.15) is 0 Å². The van der Waals surface area contributed by atoms with Crippen LogP contribution in [0.5, 0.6) is 11.5 Å². The van der Waals surface area contributed by atoms with E-state index in [9.17, 15) is 15.0 Å². The number of aliphatic hydroxyl groups is 1. The monoisotopic (exact) mass is 363 g/mol. The number of para-hydroxylation sites is 1. The molecule has 1 aromatic rings. The molecule has 0 aromatic heterocycles. The van der Waals surface area contributed by atoms with Crippen molar-refractivity contribution in [3.63, 3.8) is 0 Å². The summed E-state index contributed by atoms with van der Waals surface area (Å²) in [6, 6.07) is 4.80. The SMILES string of the molecule is COc1cccc(C(=O)N2C[C@H]3COCC[C@@]3(O)[C@@H]3COCC[C@H]32)c1O. The Bertz CT molecular complexity index is 695. The summed E-state index contributed by atoms with van der Waals surface area (Å²) in [5, 5.41) is 21.7. The topological polar surface area (TPSA) is 88.5 Å². The first-order valence-electron chi connectivity index (χ1n) is 9.11. The number of carbonyl (C=O) groups excluding carboxylic acids is 1. The van der Waals surface area contributed by atoms with Crippen molar-refractivity contribution in [1.29, 1.82) is 0 Å². The Hall–Kier alpha value is -1.83. The van der Waals surface area contributed by atoms with Crippen LogP contribution in [0.2, 0.25) is 0 Å². The van der Waals surface area contributed by atoms with Gasteiger partial charge in [0.05, 0.1) is 31.5 Å². The lowest BCUT2D eigenvalue weighted by molar-refractivity contribution is -0.212. The van der Waals surface area contributed by atoms with Crippen LogP contribution in [0.4, 0.5) is 0 Å². The standard InChI is InChI=1S/C19H25NO6/c1-24-16-4-2-3-13(17(16)21)18(22)20-9-12-10-26-8-6-19(12,23)14-11-25-7-5-15(14)20/h2-4,12,14-15,21,23H,5-11H2,1H3/t12-,14+,15+,19-/m0/s1. The molecule has 0 unspecified atom stereocenters. The van der Waals surface area contributed by atoms with Crippen LogP contribution in [0, 0.1) is 11.8 Å². The van der Waals surface area contributed by atoms with Crippen LogP contribution in [0.1, 0.15) is 23.2 Å². The number of methoxy groups -OCH3 is 1. The number of likely N-dealkylation sites (tertiary alicyclic amines) is 1. The second-order valence-corrected chi connectivity index (χ2v) is 7.36. The summed E-state index contributed by atoms with van der Waals surface area (Å²) in [5.74, 6) is -0.421. The number of phenolic OH excluding ortho intramolecular Hbond substituents is 1. The van der Waals surface area contributed by atoms with E-state index in [0.717, 1.165) is 0 Å². The molecule has 3 fully saturated rings. The van der Waals surface area contributed by atoms with Crippen molar-refractivity contribution in [1.82, 2.24) is 4.90 Å². The number of carbonyl (C=O) groups is 1. The van der Waals surface area contributed by atoms with Crippen molar-refractivity contribution in [2.24, 2.45) is 11.8 Å². The second-order valence-electron chi connectivity index (χ2n) is 7.36. The highest BCUT2D eigenvalue weighted by Crippen LogP contribution is 2.45. The molecular weight excluding hydrogens is 338 g/mol. The van der Waals surface area contributed by atoms with Crippen molar-refractivity contribution in [3.05, 3.63) is 23.8 Å². The first-order valence-corrected chi connectivity index (χ1v) is 9.11. The molecule has 0 radical (unpaired) electrons. The number of benzene rings is 1. The van der Waals surface area contributed by atoms with Crippen LogP contribution in [0.25, 0.3) is 0 Å². The van der Waals surface area contributed by atoms with Gasteiger partial charge in [-0.25, -0.2) is 0 Å². The van der Waals surface area contributed by atoms with E-state index in [2.05, 4.69) is 0 Å². The lowest BCUT2D eigenvalue weighted by Gasteiger charge is -2.57. The number of hydrogen-bond acceptors (Lipinski definition) is 6. The molecule has 0 bridgehead atoms. The number of rotatable bonds is 2. The molecule has 2 N–H and O–H groups in total. The summed E-state index contributed by atoms with van der Waals surface area (Å²) >= 11 is 0. The molecule has 4 rings (SSSR count). The molecule has 1 amide bonds. The van der Waals surface area contributed by atoms with E-state index in [1.54, 1.807) is 23.1 Å². The zero-order chi connectivity index (χ0) is 18.3. The number of amides is 1. The molecule has 26 heavy (non-hydrogen) atoms. The third-order valence-electron chi connectivity index (χ3n) is 6.16. The number of aromatic hydroxyl groups is 1. The number of hydrogen-bond donors (Lipinski definition) is 2. The molecular formula is C19H25NO6. The Morgan fingerprint density at radius 1 is 1.31 bits per heavy atom. The number of ether oxygens (including phenoxy) is 3. The largest absolute Gasteiger partial charge is 0.504 e. The molecule has 3 saturated heterocycles. The van der Waals surface area contributed by atoms with E-state index in [1.165, 1.54) is 7.11 Å². The third-order valence-corrected chi connectivity index (χ3v) is 6.16. The van der Waals surface area contributed by atoms with Gasteiger partial charge in [0.2, 0.25) is 0 Å². The predicted octanol–water partition coefficient (Wildman–Crippen LogP) is 1.03. The second kappa shape index (κ2) is 6.72. The zero-order valence-corrected chi connectivity index (χ0v) is 14.9. The summed E-state index contributed by atoms with van der Waals surface area (Å²) < 4.78 is 16.3. The number of piperidine rings is 1. The fraction of sp³-hybridized carbons (Fsp3) is 0.632. The van der Waals surface area contributed by atoms with Crippen LogP contribution in [0.3, 0.4) is 0 Å². The summed E-state index contributed by atoms with van der Waals surface area (Å²) in [7, 11) is 1.46. The first-order chi connectivity index (χ1) is 12.6. The molecule has 4 atom stereocenters. The maximum Gasteiger partial charge on any atom is 0.258 e. The third kappa shape index (κ3) is 2.66. The Morgan fingerprint density at radius 2 is 2.12 bits per heavy atom. The van der Waals surface area contributed by atoms with E-state index in [1.807, 2.05) is 0 Å². The summed E-state index contributed by atoms with van der Waals surface area (Å²) in [5.41, 5.74) is -0.645. The van der Waals surface area contributed by atoms with E-state index >= 15 is 0 Å². The van der Waals surface area contributed by atoms with Gasteiger partial charge in [0.25, 0.3) is 5.91 Å². The average molecular weight is 363 g/mol. The van der Waals surface area contributed by atoms with Gasteiger partial charge in [-0.1, -0.05) is 6.07 Å². The zero-order valence-electron chi connectivity index (χ0n) is 14.9. The highest BCUT2D eigenvalue weighted by molar-refractivity contribution is 5.98. The normalized spacial score (nSPS) is 33.9. The van der Waals surface area contributed by atoms with Gasteiger partial charge in [-0.05, 0) is 18.6 Å². The fourth-order valence-corrected chi connectivity index (χ4v) is 4.71. The average Bonchev–Trinajstić information content (AvgIpc) is 2.67. The maximum atomic E-state index is 13.3. The molecule has 1 aromatic carbocycles. The maximum absolute atomic E-state index is 13.3. The van der Waals surface area contributed by atoms with Crippen molar-refractivity contribution < 1.29 is 29.2 Å². The quantitative estimate of drug-likeness (QED) is 0.816. The Balaban J connectivity index is 1.68. The van der Waals surface area contributed by atoms with Crippen LogP contribution in [-0.4, -0.2) is 72.7 Å². The molecule has 0 spiro atoms. The van der Waals surface area contributed by atoms with Gasteiger partial charge in [0, 0.05) is 44.1 Å². The Labute approximate surface area is 152 Å². The van der Waals surface area contributed by atoms with Crippen LogP contribution < -0.4 is 4.74 Å². The molecule has 7 nitrogen and oxygen atoms in total. The van der Waals surface area contributed by atoms with Crippen molar-refractivity contribution in [3.8, 4) is 11.5 Å². The van der Waals surface area contributed by atoms with Gasteiger partial charge < -0.3 is 29.3 Å². The predicted molar refractivity (Wildman–Crippen MR) is 92.3 cm³/mol. The lowest BCUT2D eigenvalue weighted by Crippen LogP contribution is -2.68. The van der Waals surface area contributed by atoms with Gasteiger partial charge in [-0.3, -0.25) is 4.79 Å². The smallest absolute Gasteiger partial charge is 0.258 e. The van der Waals surface area contributed by atoms with Crippen molar-refractivity contribution in [2.75, 3.05) is 40.1 Å². The minimum absolute atomic E-state index is 0.110. The van der Waals surface area contributed by atoms with Crippen LogP contribution in [-0.2, 0) is 9.47 Å². The fourth-order valence-electron chi connectivity index (χ4n) is 4.71. The molecule has 0 saturated carbocycles. The number of nitrogens with zero attached hydrogens (tertiary/aromatic N) is 1. The van der Waals surface area contributed by atoms with Crippen LogP contribution >= 0.6 is 0 Å². The molecule has 3 heterocycles. The van der Waals surface area contributed by atoms with E-state index < -0.39 is 5.60 Å². The molecule has 142 valence electrons. The van der Waals surface area contributed by atoms with Gasteiger partial charge in [-0.2, -0.15) is 0 Å². The van der Waals surface area contributed by atoms with Gasteiger partial charge >= 0.3 is 0 Å². The van der Waals surface area contributed by atoms with Crippen molar-refractivity contribution in [2.45, 2.75) is 24.5 Å². The summed E-state index contributed by atoms with van der Waals surface area (Å²) in [6.07, 6.45) is 1.24. The lowest BCUT2D eigenvalue weighted by atomic mass is 9.66. The van der Waals surface area contributed by atoms with Crippen molar-refractivity contribution >= 4 is 5.91 Å². The Kier molecular flexibility index (Phi) is 4.54. The molecule has 3 aliphatic heterocycles. The molecule has 0 aliphatic carbocycles. The van der Waals surface area contributed by atoms with E-state index in [4.69, 9.17) is 14.2 Å². The number of phenols is 1. The first kappa shape index (κ1) is 17.6. The minimum Gasteiger partial charge on any atom is -0.504 e. The number of fused-ring (bicyclic) bond motifs is 3. The van der Waals surface area contributed by atoms with Gasteiger partial charge in [0.15, 0.2) is 11.5 Å². The summed E-state index contributed by atoms with van der Waals surface area (Å²) in [6.45, 7) is 2.36. The van der Waals surface area contributed by atoms with E-state index in [0.29, 0.717) is 45.8 Å². The van der Waals surface area contributed by atoms with Crippen LogP contribution in [0.15, 0.2) is 18.2 Å².